The lowest BCUT2D eigenvalue weighted by atomic mass is 9.99. The van der Waals surface area contributed by atoms with Crippen LogP contribution in [-0.2, 0) is 0 Å². The van der Waals surface area contributed by atoms with Crippen molar-refractivity contribution >= 4 is 11.3 Å². The number of hydrogen-bond acceptors (Lipinski definition) is 2. The van der Waals surface area contributed by atoms with Crippen molar-refractivity contribution in [3.05, 3.63) is 63.9 Å². The number of nitrogens with one attached hydrogen (secondary N) is 2. The summed E-state index contributed by atoms with van der Waals surface area (Å²) >= 11 is 0. The first kappa shape index (κ1) is 9.71. The van der Waals surface area contributed by atoms with Crippen molar-refractivity contribution in [2.24, 2.45) is 0 Å². The normalized spacial score (nSPS) is 20.8. The average molecular weight is 235 g/mol. The van der Waals surface area contributed by atoms with Crippen LogP contribution in [0.25, 0.3) is 11.3 Å². The van der Waals surface area contributed by atoms with Gasteiger partial charge < -0.3 is 10.3 Å². The topological polar surface area (TPSA) is 40.7 Å². The molecular formula is C15H13N3. The minimum absolute atomic E-state index is 0.257. The molecule has 2 N–H and O–H groups in total. The first-order valence-electron chi connectivity index (χ1n) is 6.13. The Bertz CT molecular complexity index is 867. The number of H-pyrrole nitrogens is 1. The second kappa shape index (κ2) is 3.35. The van der Waals surface area contributed by atoms with Crippen LogP contribution in [0.3, 0.4) is 0 Å². The minimum Gasteiger partial charge on any atom is -0.378 e. The quantitative estimate of drug-likeness (QED) is 0.698. The molecule has 0 aromatic rings. The van der Waals surface area contributed by atoms with Crippen molar-refractivity contribution < 1.29 is 0 Å². The summed E-state index contributed by atoms with van der Waals surface area (Å²) in [5, 5.41) is 7.25. The molecule has 0 fully saturated rings. The van der Waals surface area contributed by atoms with Crippen LogP contribution in [0.1, 0.15) is 6.92 Å². The number of fused-ring (bicyclic) bond motifs is 1. The van der Waals surface area contributed by atoms with E-state index in [0.717, 1.165) is 5.48 Å². The van der Waals surface area contributed by atoms with E-state index in [4.69, 9.17) is 0 Å². The largest absolute Gasteiger partial charge is 0.378 e. The Balaban J connectivity index is 2.36. The fraction of sp³-hybridized carbons (Fsp3) is 0.133. The van der Waals surface area contributed by atoms with Crippen molar-refractivity contribution in [3.8, 4) is 0 Å². The van der Waals surface area contributed by atoms with Crippen LogP contribution in [0, 0.1) is 10.7 Å². The van der Waals surface area contributed by atoms with Gasteiger partial charge in [0.25, 0.3) is 0 Å². The lowest BCUT2D eigenvalue weighted by molar-refractivity contribution is 0.864. The van der Waals surface area contributed by atoms with Gasteiger partial charge in [-0.05, 0) is 23.8 Å². The molecule has 0 bridgehead atoms. The second-order valence-electron chi connectivity index (χ2n) is 4.73. The fourth-order valence-electron chi connectivity index (χ4n) is 2.82. The smallest absolute Gasteiger partial charge is 0.138 e. The molecule has 0 radical (unpaired) electrons. The van der Waals surface area contributed by atoms with Gasteiger partial charge in [0.05, 0.1) is 6.04 Å². The van der Waals surface area contributed by atoms with Crippen molar-refractivity contribution in [2.45, 2.75) is 13.0 Å². The molecule has 18 heavy (non-hydrogen) atoms. The summed E-state index contributed by atoms with van der Waals surface area (Å²) in [7, 11) is 0. The average Bonchev–Trinajstić information content (AvgIpc) is 2.78. The standard InChI is InChI=1S/C15H13N3/c1-9-12-8-17-15-14(12)11(6-7-16-15)10-4-2-3-5-13(10)18-9/h2-8,13,16,18H,1H3. The summed E-state index contributed by atoms with van der Waals surface area (Å²) < 4.78 is 0. The van der Waals surface area contributed by atoms with Gasteiger partial charge in [0, 0.05) is 28.5 Å². The van der Waals surface area contributed by atoms with Gasteiger partial charge in [-0.3, -0.25) is 0 Å². The van der Waals surface area contributed by atoms with Crippen LogP contribution in [-0.4, -0.2) is 16.0 Å². The van der Waals surface area contributed by atoms with Gasteiger partial charge in [0.2, 0.25) is 0 Å². The molecule has 0 saturated carbocycles. The molecule has 88 valence electrons. The maximum atomic E-state index is 4.45. The number of aromatic nitrogens is 2. The SMILES string of the molecule is CC1=c2cnc3[nH]ccc(c2=3)=C2C=CC=CC2N1. The van der Waals surface area contributed by atoms with Crippen molar-refractivity contribution in [2.75, 3.05) is 0 Å². The number of aromatic amines is 1. The van der Waals surface area contributed by atoms with E-state index >= 15 is 0 Å². The number of allylic oxidation sites excluding steroid dienone is 2. The molecule has 3 nitrogen and oxygen atoms in total. The van der Waals surface area contributed by atoms with Gasteiger partial charge in [0.1, 0.15) is 5.48 Å². The Labute approximate surface area is 104 Å². The number of hydrogen-bond donors (Lipinski definition) is 2. The third-order valence-corrected chi connectivity index (χ3v) is 3.68. The monoisotopic (exact) mass is 235 g/mol. The molecule has 0 aromatic heterocycles. The molecule has 0 aromatic carbocycles. The summed E-state index contributed by atoms with van der Waals surface area (Å²) in [6.45, 7) is 2.11. The molecule has 0 spiro atoms. The van der Waals surface area contributed by atoms with Crippen molar-refractivity contribution in [1.29, 1.82) is 0 Å². The van der Waals surface area contributed by atoms with Crippen LogP contribution in [0.15, 0.2) is 42.8 Å². The van der Waals surface area contributed by atoms with Crippen LogP contribution in [0.5, 0.6) is 0 Å². The minimum atomic E-state index is 0.257. The van der Waals surface area contributed by atoms with Crippen LogP contribution < -0.4 is 15.8 Å². The van der Waals surface area contributed by atoms with Crippen LogP contribution in [0.2, 0.25) is 0 Å². The molecule has 1 unspecified atom stereocenters. The number of rotatable bonds is 0. The second-order valence-corrected chi connectivity index (χ2v) is 4.73. The molecule has 3 heteroatoms. The molecule has 1 atom stereocenters. The van der Waals surface area contributed by atoms with E-state index in [-0.39, 0.29) is 6.04 Å². The predicted molar refractivity (Wildman–Crippen MR) is 70.8 cm³/mol. The lowest BCUT2D eigenvalue weighted by Gasteiger charge is -2.18. The Morgan fingerprint density at radius 1 is 1.22 bits per heavy atom. The van der Waals surface area contributed by atoms with E-state index in [1.165, 1.54) is 26.9 Å². The highest BCUT2D eigenvalue weighted by atomic mass is 14.9. The van der Waals surface area contributed by atoms with Gasteiger partial charge >= 0.3 is 0 Å². The summed E-state index contributed by atoms with van der Waals surface area (Å²) in [6.07, 6.45) is 12.5. The lowest BCUT2D eigenvalue weighted by Crippen LogP contribution is -2.29. The summed E-state index contributed by atoms with van der Waals surface area (Å²) in [5.41, 5.74) is 3.45. The van der Waals surface area contributed by atoms with Crippen LogP contribution >= 0.6 is 0 Å². The third kappa shape index (κ3) is 1.16. The summed E-state index contributed by atoms with van der Waals surface area (Å²) in [6, 6.07) is 2.40. The molecule has 3 heterocycles. The first-order chi connectivity index (χ1) is 8.84. The predicted octanol–water partition coefficient (Wildman–Crippen LogP) is 0.511. The van der Waals surface area contributed by atoms with Gasteiger partial charge in [-0.25, -0.2) is 4.98 Å². The Morgan fingerprint density at radius 3 is 3.11 bits per heavy atom. The fourth-order valence-corrected chi connectivity index (χ4v) is 2.82. The summed E-state index contributed by atoms with van der Waals surface area (Å²) in [4.78, 5) is 7.66. The van der Waals surface area contributed by atoms with E-state index in [2.05, 4.69) is 52.6 Å². The van der Waals surface area contributed by atoms with Gasteiger partial charge in [-0.1, -0.05) is 24.3 Å². The molecule has 4 rings (SSSR count). The zero-order valence-electron chi connectivity index (χ0n) is 10.1. The maximum Gasteiger partial charge on any atom is 0.138 e. The van der Waals surface area contributed by atoms with E-state index in [1.807, 2.05) is 12.4 Å². The maximum absolute atomic E-state index is 4.45. The van der Waals surface area contributed by atoms with Gasteiger partial charge in [-0.15, -0.1) is 0 Å². The zero-order chi connectivity index (χ0) is 12.1. The summed E-state index contributed by atoms with van der Waals surface area (Å²) in [5.74, 6) is 0. The third-order valence-electron chi connectivity index (χ3n) is 3.68. The first-order valence-corrected chi connectivity index (χ1v) is 6.13. The zero-order valence-corrected chi connectivity index (χ0v) is 10.1. The highest BCUT2D eigenvalue weighted by molar-refractivity contribution is 5.69. The van der Waals surface area contributed by atoms with E-state index < -0.39 is 0 Å². The van der Waals surface area contributed by atoms with E-state index in [0.29, 0.717) is 0 Å². The van der Waals surface area contributed by atoms with Gasteiger partial charge in [0.15, 0.2) is 0 Å². The Kier molecular flexibility index (Phi) is 1.81. The van der Waals surface area contributed by atoms with Gasteiger partial charge in [-0.2, -0.15) is 0 Å². The van der Waals surface area contributed by atoms with E-state index in [1.54, 1.807) is 0 Å². The highest BCUT2D eigenvalue weighted by Gasteiger charge is 2.16. The van der Waals surface area contributed by atoms with Crippen molar-refractivity contribution in [1.82, 2.24) is 15.3 Å². The molecule has 4 aliphatic rings. The molecular weight excluding hydrogens is 222 g/mol. The number of nitrogens with zero attached hydrogens (tertiary/aromatic N) is 1. The molecule has 0 saturated heterocycles. The molecule has 1 aliphatic carbocycles. The van der Waals surface area contributed by atoms with Crippen molar-refractivity contribution in [3.63, 3.8) is 0 Å². The Hall–Kier alpha value is -2.29. The Morgan fingerprint density at radius 2 is 2.17 bits per heavy atom. The molecule has 0 amide bonds. The van der Waals surface area contributed by atoms with Crippen LogP contribution in [0.4, 0.5) is 0 Å². The highest BCUT2D eigenvalue weighted by Crippen LogP contribution is 2.14. The van der Waals surface area contributed by atoms with E-state index in [9.17, 15) is 0 Å². The molecule has 3 aliphatic heterocycles.